The highest BCUT2D eigenvalue weighted by atomic mass is 16.5. The minimum Gasteiger partial charge on any atom is -0.469 e. The Labute approximate surface area is 114 Å². The maximum atomic E-state index is 12.0. The molecule has 19 heavy (non-hydrogen) atoms. The lowest BCUT2D eigenvalue weighted by atomic mass is 9.53. The molecule has 0 atom stereocenters. The molecule has 4 bridgehead atoms. The maximum Gasteiger partial charge on any atom is 0.306 e. The van der Waals surface area contributed by atoms with Gasteiger partial charge < -0.3 is 10.1 Å². The highest BCUT2D eigenvalue weighted by Crippen LogP contribution is 2.55. The van der Waals surface area contributed by atoms with E-state index in [2.05, 4.69) is 10.1 Å². The summed E-state index contributed by atoms with van der Waals surface area (Å²) in [4.78, 5) is 23.1. The Bertz CT molecular complexity index is 356. The van der Waals surface area contributed by atoms with Crippen LogP contribution in [0.15, 0.2) is 0 Å². The average molecular weight is 265 g/mol. The molecule has 0 unspecified atom stereocenters. The van der Waals surface area contributed by atoms with Crippen molar-refractivity contribution in [1.29, 1.82) is 0 Å². The van der Waals surface area contributed by atoms with Gasteiger partial charge in [0.25, 0.3) is 0 Å². The van der Waals surface area contributed by atoms with Crippen LogP contribution in [0.2, 0.25) is 0 Å². The molecule has 0 aromatic carbocycles. The van der Waals surface area contributed by atoms with Crippen molar-refractivity contribution in [2.75, 3.05) is 7.11 Å². The van der Waals surface area contributed by atoms with E-state index in [1.54, 1.807) is 0 Å². The van der Waals surface area contributed by atoms with Crippen LogP contribution in [0.3, 0.4) is 0 Å². The largest absolute Gasteiger partial charge is 0.469 e. The van der Waals surface area contributed by atoms with Crippen LogP contribution in [0.1, 0.15) is 51.4 Å². The quantitative estimate of drug-likeness (QED) is 0.791. The van der Waals surface area contributed by atoms with Gasteiger partial charge in [0.1, 0.15) is 0 Å². The summed E-state index contributed by atoms with van der Waals surface area (Å²) >= 11 is 0. The highest BCUT2D eigenvalue weighted by molar-refractivity contribution is 5.81. The Morgan fingerprint density at radius 2 is 1.58 bits per heavy atom. The van der Waals surface area contributed by atoms with Gasteiger partial charge in [0.05, 0.1) is 13.5 Å². The third kappa shape index (κ3) is 2.63. The van der Waals surface area contributed by atoms with Crippen molar-refractivity contribution in [3.63, 3.8) is 0 Å². The predicted molar refractivity (Wildman–Crippen MR) is 70.3 cm³/mol. The van der Waals surface area contributed by atoms with Crippen LogP contribution in [0.25, 0.3) is 0 Å². The average Bonchev–Trinajstić information content (AvgIpc) is 2.33. The van der Waals surface area contributed by atoms with Gasteiger partial charge in [-0.2, -0.15) is 0 Å². The van der Waals surface area contributed by atoms with Gasteiger partial charge in [-0.25, -0.2) is 0 Å². The molecule has 4 saturated carbocycles. The van der Waals surface area contributed by atoms with Crippen LogP contribution in [0.5, 0.6) is 0 Å². The van der Waals surface area contributed by atoms with Gasteiger partial charge in [-0.15, -0.1) is 0 Å². The number of nitrogens with one attached hydrogen (secondary N) is 1. The molecule has 1 N–H and O–H groups in total. The van der Waals surface area contributed by atoms with Crippen LogP contribution in [0, 0.1) is 17.8 Å². The second-order valence-electron chi connectivity index (χ2n) is 6.82. The van der Waals surface area contributed by atoms with Gasteiger partial charge >= 0.3 is 5.97 Å². The Kier molecular flexibility index (Phi) is 3.27. The maximum absolute atomic E-state index is 12.0. The third-order valence-electron chi connectivity index (χ3n) is 5.23. The Hall–Kier alpha value is -1.06. The number of esters is 1. The molecule has 4 aliphatic carbocycles. The Balaban J connectivity index is 1.57. The zero-order valence-corrected chi connectivity index (χ0v) is 11.6. The summed E-state index contributed by atoms with van der Waals surface area (Å²) in [6, 6.07) is 0. The highest BCUT2D eigenvalue weighted by Gasteiger charge is 2.51. The zero-order chi connectivity index (χ0) is 13.5. The fourth-order valence-corrected chi connectivity index (χ4v) is 4.94. The van der Waals surface area contributed by atoms with E-state index >= 15 is 0 Å². The van der Waals surface area contributed by atoms with E-state index in [9.17, 15) is 9.59 Å². The number of hydrogen-bond acceptors (Lipinski definition) is 3. The zero-order valence-electron chi connectivity index (χ0n) is 11.6. The molecule has 0 aromatic rings. The normalized spacial score (nSPS) is 39.1. The minimum absolute atomic E-state index is 0.0207. The Morgan fingerprint density at radius 3 is 2.05 bits per heavy atom. The van der Waals surface area contributed by atoms with Crippen LogP contribution in [-0.2, 0) is 14.3 Å². The van der Waals surface area contributed by atoms with Crippen molar-refractivity contribution in [2.24, 2.45) is 17.8 Å². The first-order valence-corrected chi connectivity index (χ1v) is 7.46. The molecule has 0 aliphatic heterocycles. The lowest BCUT2D eigenvalue weighted by Gasteiger charge is -2.56. The lowest BCUT2D eigenvalue weighted by Crippen LogP contribution is -2.59. The molecule has 0 aromatic heterocycles. The second kappa shape index (κ2) is 4.80. The first-order chi connectivity index (χ1) is 9.08. The number of carbonyl (C=O) groups excluding carboxylic acids is 2. The molecule has 0 heterocycles. The fraction of sp³-hybridized carbons (Fsp3) is 0.867. The summed E-state index contributed by atoms with van der Waals surface area (Å²) in [5.41, 5.74) is 0.0575. The number of rotatable bonds is 4. The molecular formula is C15H23NO3. The topological polar surface area (TPSA) is 55.4 Å². The first-order valence-electron chi connectivity index (χ1n) is 7.46. The van der Waals surface area contributed by atoms with E-state index in [-0.39, 0.29) is 30.3 Å². The van der Waals surface area contributed by atoms with Crippen molar-refractivity contribution in [3.8, 4) is 0 Å². The van der Waals surface area contributed by atoms with Crippen molar-refractivity contribution >= 4 is 11.9 Å². The van der Waals surface area contributed by atoms with E-state index in [1.165, 1.54) is 26.4 Å². The van der Waals surface area contributed by atoms with Crippen molar-refractivity contribution in [2.45, 2.75) is 56.9 Å². The molecule has 4 nitrogen and oxygen atoms in total. The van der Waals surface area contributed by atoms with E-state index in [0.29, 0.717) is 0 Å². The summed E-state index contributed by atoms with van der Waals surface area (Å²) in [5.74, 6) is 2.19. The number of carbonyl (C=O) groups is 2. The van der Waals surface area contributed by atoms with Gasteiger partial charge in [0.15, 0.2) is 0 Å². The van der Waals surface area contributed by atoms with Gasteiger partial charge in [-0.3, -0.25) is 9.59 Å². The van der Waals surface area contributed by atoms with Crippen molar-refractivity contribution in [3.05, 3.63) is 0 Å². The summed E-state index contributed by atoms with van der Waals surface area (Å²) in [6.07, 6.45) is 8.03. The smallest absolute Gasteiger partial charge is 0.306 e. The van der Waals surface area contributed by atoms with Gasteiger partial charge in [-0.1, -0.05) is 0 Å². The van der Waals surface area contributed by atoms with E-state index in [1.807, 2.05) is 0 Å². The molecule has 4 heteroatoms. The first kappa shape index (κ1) is 12.9. The van der Waals surface area contributed by atoms with E-state index in [4.69, 9.17) is 0 Å². The number of ether oxygens (including phenoxy) is 1. The monoisotopic (exact) mass is 265 g/mol. The Morgan fingerprint density at radius 1 is 1.05 bits per heavy atom. The van der Waals surface area contributed by atoms with Crippen molar-refractivity contribution < 1.29 is 14.3 Å². The molecule has 0 radical (unpaired) electrons. The third-order valence-corrected chi connectivity index (χ3v) is 5.23. The molecule has 4 fully saturated rings. The number of methoxy groups -OCH3 is 1. The molecule has 4 aliphatic rings. The van der Waals surface area contributed by atoms with Gasteiger partial charge in [0, 0.05) is 12.0 Å². The van der Waals surface area contributed by atoms with Crippen LogP contribution in [0.4, 0.5) is 0 Å². The minimum atomic E-state index is -0.305. The van der Waals surface area contributed by atoms with Crippen molar-refractivity contribution in [1.82, 2.24) is 5.32 Å². The standard InChI is InChI=1S/C15H23NO3/c1-19-14(18)3-2-13(17)16-15-7-10-4-11(8-15)6-12(5-10)9-15/h10-12H,2-9H2,1H3,(H,16,17). The SMILES string of the molecule is COC(=O)CCC(=O)NC12CC3CC(CC(C3)C1)C2. The lowest BCUT2D eigenvalue weighted by molar-refractivity contribution is -0.142. The molecule has 0 spiro atoms. The molecule has 4 rings (SSSR count). The summed E-state index contributed by atoms with van der Waals surface area (Å²) in [5, 5.41) is 3.26. The van der Waals surface area contributed by atoms with E-state index in [0.717, 1.165) is 37.0 Å². The summed E-state index contributed by atoms with van der Waals surface area (Å²) in [7, 11) is 1.36. The number of amides is 1. The van der Waals surface area contributed by atoms with Crippen LogP contribution in [-0.4, -0.2) is 24.5 Å². The van der Waals surface area contributed by atoms with Crippen LogP contribution < -0.4 is 5.32 Å². The summed E-state index contributed by atoms with van der Waals surface area (Å²) in [6.45, 7) is 0. The molecular weight excluding hydrogens is 242 g/mol. The fourth-order valence-electron chi connectivity index (χ4n) is 4.94. The second-order valence-corrected chi connectivity index (χ2v) is 6.82. The summed E-state index contributed by atoms with van der Waals surface area (Å²) < 4.78 is 4.58. The predicted octanol–water partition coefficient (Wildman–Crippen LogP) is 2.02. The van der Waals surface area contributed by atoms with Gasteiger partial charge in [-0.05, 0) is 56.3 Å². The number of hydrogen-bond donors (Lipinski definition) is 1. The molecule has 1 amide bonds. The van der Waals surface area contributed by atoms with Crippen LogP contribution >= 0.6 is 0 Å². The molecule has 106 valence electrons. The van der Waals surface area contributed by atoms with Gasteiger partial charge in [0.2, 0.25) is 5.91 Å². The van der Waals surface area contributed by atoms with E-state index < -0.39 is 0 Å². The molecule has 0 saturated heterocycles.